The normalized spacial score (nSPS) is 24.6. The zero-order valence-electron chi connectivity index (χ0n) is 17.5. The van der Waals surface area contributed by atoms with E-state index in [4.69, 9.17) is 23.7 Å². The van der Waals surface area contributed by atoms with Crippen molar-refractivity contribution in [3.63, 3.8) is 0 Å². The van der Waals surface area contributed by atoms with Gasteiger partial charge in [-0.3, -0.25) is 24.5 Å². The maximum Gasteiger partial charge on any atom is 0.339 e. The second-order valence-corrected chi connectivity index (χ2v) is 6.54. The summed E-state index contributed by atoms with van der Waals surface area (Å²) in [4.78, 5) is 57.6. The number of hydrogen-bond acceptors (Lipinski definition) is 12. The van der Waals surface area contributed by atoms with Gasteiger partial charge in [-0.1, -0.05) is 0 Å². The number of ether oxygens (including phenoxy) is 6. The molecule has 0 aromatic heterocycles. The molecule has 174 valence electrons. The van der Waals surface area contributed by atoms with E-state index in [2.05, 4.69) is 4.74 Å². The maximum absolute atomic E-state index is 12.3. The lowest BCUT2D eigenvalue weighted by molar-refractivity contribution is -0.384. The molecule has 0 bridgehead atoms. The Morgan fingerprint density at radius 2 is 1.38 bits per heavy atom. The fourth-order valence-corrected chi connectivity index (χ4v) is 2.96. The van der Waals surface area contributed by atoms with Crippen molar-refractivity contribution in [1.82, 2.24) is 0 Å². The van der Waals surface area contributed by atoms with Crippen LogP contribution in [0.4, 0.5) is 5.69 Å². The van der Waals surface area contributed by atoms with Crippen LogP contribution in [0.25, 0.3) is 0 Å². The van der Waals surface area contributed by atoms with Crippen molar-refractivity contribution in [1.29, 1.82) is 0 Å². The average molecular weight is 455 g/mol. The van der Waals surface area contributed by atoms with Crippen LogP contribution in [0.15, 0.2) is 24.3 Å². The van der Waals surface area contributed by atoms with Crippen LogP contribution in [0.5, 0.6) is 5.75 Å². The summed E-state index contributed by atoms with van der Waals surface area (Å²) in [6.45, 7) is 3.19. The minimum Gasteiger partial charge on any atom is -0.467 e. The Hall–Kier alpha value is -3.74. The molecule has 1 saturated heterocycles. The summed E-state index contributed by atoms with van der Waals surface area (Å²) in [6.07, 6.45) is -7.65. The topological polar surface area (TPSA) is 167 Å². The highest BCUT2D eigenvalue weighted by molar-refractivity contribution is 5.77. The number of rotatable bonds is 7. The van der Waals surface area contributed by atoms with E-state index in [0.29, 0.717) is 0 Å². The first-order valence-electron chi connectivity index (χ1n) is 9.19. The van der Waals surface area contributed by atoms with Crippen LogP contribution >= 0.6 is 0 Å². The Kier molecular flexibility index (Phi) is 8.07. The van der Waals surface area contributed by atoms with Gasteiger partial charge in [0.2, 0.25) is 12.4 Å². The lowest BCUT2D eigenvalue weighted by Crippen LogP contribution is -2.64. The zero-order valence-corrected chi connectivity index (χ0v) is 17.5. The second-order valence-electron chi connectivity index (χ2n) is 6.54. The molecule has 0 radical (unpaired) electrons. The molecule has 5 atom stereocenters. The fraction of sp³-hybridized carbons (Fsp3) is 0.474. The number of hydrogen-bond donors (Lipinski definition) is 0. The summed E-state index contributed by atoms with van der Waals surface area (Å²) < 4.78 is 31.4. The third-order valence-electron chi connectivity index (χ3n) is 4.13. The Labute approximate surface area is 181 Å². The molecule has 13 heteroatoms. The predicted molar refractivity (Wildman–Crippen MR) is 101 cm³/mol. The predicted octanol–water partition coefficient (Wildman–Crippen LogP) is 0.667. The van der Waals surface area contributed by atoms with Crippen LogP contribution in [-0.2, 0) is 42.9 Å². The Morgan fingerprint density at radius 1 is 0.875 bits per heavy atom. The molecule has 1 aromatic rings. The van der Waals surface area contributed by atoms with Crippen molar-refractivity contribution < 1.29 is 52.5 Å². The molecule has 0 saturated carbocycles. The number of methoxy groups -OCH3 is 1. The third-order valence-corrected chi connectivity index (χ3v) is 4.13. The second kappa shape index (κ2) is 10.5. The first kappa shape index (κ1) is 24.5. The summed E-state index contributed by atoms with van der Waals surface area (Å²) in [5, 5.41) is 10.8. The molecule has 13 nitrogen and oxygen atoms in total. The number of nitrogens with zero attached hydrogens (tertiary/aromatic N) is 1. The molecule has 0 spiro atoms. The molecule has 0 amide bonds. The summed E-state index contributed by atoms with van der Waals surface area (Å²) in [5.41, 5.74) is -0.210. The molecule has 1 aliphatic rings. The van der Waals surface area contributed by atoms with Crippen molar-refractivity contribution in [3.8, 4) is 5.75 Å². The Morgan fingerprint density at radius 3 is 1.84 bits per heavy atom. The molecule has 1 aromatic carbocycles. The van der Waals surface area contributed by atoms with Gasteiger partial charge >= 0.3 is 23.9 Å². The lowest BCUT2D eigenvalue weighted by atomic mass is 9.97. The van der Waals surface area contributed by atoms with Crippen LogP contribution in [0, 0.1) is 10.1 Å². The molecule has 1 aliphatic heterocycles. The van der Waals surface area contributed by atoms with E-state index in [1.165, 1.54) is 12.1 Å². The molecule has 0 unspecified atom stereocenters. The van der Waals surface area contributed by atoms with Crippen LogP contribution in [0.3, 0.4) is 0 Å². The molecular formula is C19H21NO12. The van der Waals surface area contributed by atoms with Gasteiger partial charge in [-0.2, -0.15) is 0 Å². The number of carbonyl (C=O) groups excluding carboxylic acids is 4. The van der Waals surface area contributed by atoms with Crippen molar-refractivity contribution >= 4 is 29.6 Å². The van der Waals surface area contributed by atoms with Crippen molar-refractivity contribution in [2.45, 2.75) is 51.5 Å². The van der Waals surface area contributed by atoms with E-state index in [0.717, 1.165) is 40.0 Å². The molecule has 1 fully saturated rings. The third kappa shape index (κ3) is 6.14. The average Bonchev–Trinajstić information content (AvgIpc) is 2.70. The minimum absolute atomic E-state index is 0.0499. The van der Waals surface area contributed by atoms with Gasteiger partial charge in [-0.15, -0.1) is 0 Å². The first-order chi connectivity index (χ1) is 15.0. The van der Waals surface area contributed by atoms with Crippen LogP contribution < -0.4 is 4.74 Å². The fourth-order valence-electron chi connectivity index (χ4n) is 2.96. The van der Waals surface area contributed by atoms with Gasteiger partial charge in [0.1, 0.15) is 5.75 Å². The summed E-state index contributed by atoms with van der Waals surface area (Å²) in [6, 6.07) is 4.81. The van der Waals surface area contributed by atoms with E-state index in [9.17, 15) is 29.3 Å². The van der Waals surface area contributed by atoms with Crippen molar-refractivity contribution in [2.75, 3.05) is 7.11 Å². The quantitative estimate of drug-likeness (QED) is 0.244. The number of nitro groups is 1. The van der Waals surface area contributed by atoms with Gasteiger partial charge in [0.25, 0.3) is 5.69 Å². The number of non-ortho nitro benzene ring substituents is 1. The summed E-state index contributed by atoms with van der Waals surface area (Å²) >= 11 is 0. The summed E-state index contributed by atoms with van der Waals surface area (Å²) in [7, 11) is 1.06. The van der Waals surface area contributed by atoms with Crippen LogP contribution in [0.1, 0.15) is 20.8 Å². The van der Waals surface area contributed by atoms with E-state index in [1.807, 2.05) is 0 Å². The Balaban J connectivity index is 2.47. The SMILES string of the molecule is COC(=O)[C@H]1O[C@@H](Oc2ccc([N+](=O)[O-])cc2)[C@H](OC(C)=O)[C@H](OC(C)=O)[C@@H]1OC(C)=O. The lowest BCUT2D eigenvalue weighted by Gasteiger charge is -2.43. The highest BCUT2D eigenvalue weighted by atomic mass is 16.7. The van der Waals surface area contributed by atoms with E-state index in [-0.39, 0.29) is 11.4 Å². The Bertz CT molecular complexity index is 883. The van der Waals surface area contributed by atoms with Gasteiger partial charge < -0.3 is 28.4 Å². The zero-order chi connectivity index (χ0) is 24.0. The molecule has 1 heterocycles. The van der Waals surface area contributed by atoms with Crippen molar-refractivity contribution in [2.24, 2.45) is 0 Å². The standard InChI is InChI=1S/C19H21NO12/c1-9(21)28-14-15(29-10(2)22)17(30-11(3)23)19(32-16(14)18(24)27-4)31-13-7-5-12(6-8-13)20(25)26/h5-8,14-17,19H,1-4H3/t14-,15+,16-,17+,19+/m0/s1. The van der Waals surface area contributed by atoms with E-state index in [1.54, 1.807) is 0 Å². The highest BCUT2D eigenvalue weighted by Gasteiger charge is 2.55. The number of esters is 4. The van der Waals surface area contributed by atoms with Crippen LogP contribution in [0.2, 0.25) is 0 Å². The minimum atomic E-state index is -1.61. The number of nitro benzene ring substituents is 1. The van der Waals surface area contributed by atoms with Gasteiger partial charge in [0, 0.05) is 32.9 Å². The molecule has 2 rings (SSSR count). The van der Waals surface area contributed by atoms with Crippen LogP contribution in [-0.4, -0.2) is 66.6 Å². The molecule has 0 aliphatic carbocycles. The van der Waals surface area contributed by atoms with Gasteiger partial charge in [0.05, 0.1) is 12.0 Å². The number of benzene rings is 1. The molecule has 0 N–H and O–H groups in total. The highest BCUT2D eigenvalue weighted by Crippen LogP contribution is 2.31. The van der Waals surface area contributed by atoms with Gasteiger partial charge in [0.15, 0.2) is 18.3 Å². The van der Waals surface area contributed by atoms with Crippen molar-refractivity contribution in [3.05, 3.63) is 34.4 Å². The maximum atomic E-state index is 12.3. The number of carbonyl (C=O) groups is 4. The van der Waals surface area contributed by atoms with E-state index < -0.39 is 59.5 Å². The van der Waals surface area contributed by atoms with Gasteiger partial charge in [-0.25, -0.2) is 4.79 Å². The molecule has 32 heavy (non-hydrogen) atoms. The van der Waals surface area contributed by atoms with Gasteiger partial charge in [-0.05, 0) is 12.1 Å². The molecular weight excluding hydrogens is 434 g/mol. The first-order valence-corrected chi connectivity index (χ1v) is 9.19. The van der Waals surface area contributed by atoms with E-state index >= 15 is 0 Å². The monoisotopic (exact) mass is 455 g/mol. The summed E-state index contributed by atoms with van der Waals surface area (Å²) in [5.74, 6) is -3.41. The smallest absolute Gasteiger partial charge is 0.339 e. The largest absolute Gasteiger partial charge is 0.467 e.